The quantitative estimate of drug-likeness (QED) is 0.775. The molecule has 2 aromatic rings. The van der Waals surface area contributed by atoms with Crippen molar-refractivity contribution in [2.45, 2.75) is 52.0 Å². The van der Waals surface area contributed by atoms with Crippen LogP contribution in [0.3, 0.4) is 0 Å². The van der Waals surface area contributed by atoms with Gasteiger partial charge in [0.05, 0.1) is 16.3 Å². The van der Waals surface area contributed by atoms with Crippen LogP contribution in [0.4, 0.5) is 0 Å². The molecule has 2 amide bonds. The predicted octanol–water partition coefficient (Wildman–Crippen LogP) is 4.24. The lowest BCUT2D eigenvalue weighted by molar-refractivity contribution is -0.144. The number of aromatic nitrogens is 1. The molecule has 0 aliphatic carbocycles. The van der Waals surface area contributed by atoms with Gasteiger partial charge in [0.25, 0.3) is 0 Å². The molecule has 150 valence electrons. The first-order chi connectivity index (χ1) is 13.5. The van der Waals surface area contributed by atoms with E-state index < -0.39 is 0 Å². The van der Waals surface area contributed by atoms with Gasteiger partial charge in [-0.15, -0.1) is 11.3 Å². The number of piperidine rings is 2. The molecule has 1 unspecified atom stereocenters. The molecule has 28 heavy (non-hydrogen) atoms. The highest BCUT2D eigenvalue weighted by atomic mass is 32.1. The fraction of sp³-hybridized carbons (Fsp3) is 0.591. The van der Waals surface area contributed by atoms with Crippen LogP contribution in [0, 0.1) is 11.8 Å². The third-order valence-electron chi connectivity index (χ3n) is 6.03. The Hall–Kier alpha value is -1.95. The summed E-state index contributed by atoms with van der Waals surface area (Å²) in [4.78, 5) is 34.4. The lowest BCUT2D eigenvalue weighted by atomic mass is 9.92. The normalized spacial score (nSPS) is 21.5. The van der Waals surface area contributed by atoms with Gasteiger partial charge in [-0.3, -0.25) is 9.59 Å². The van der Waals surface area contributed by atoms with Gasteiger partial charge < -0.3 is 9.80 Å². The molecule has 6 heteroatoms. The number of carbonyl (C=O) groups excluding carboxylic acids is 2. The van der Waals surface area contributed by atoms with Gasteiger partial charge in [-0.25, -0.2) is 4.98 Å². The van der Waals surface area contributed by atoms with Crippen LogP contribution in [-0.4, -0.2) is 46.2 Å². The minimum atomic E-state index is 0.0257. The molecule has 5 nitrogen and oxygen atoms in total. The Morgan fingerprint density at radius 3 is 2.54 bits per heavy atom. The van der Waals surface area contributed by atoms with Crippen LogP contribution in [0.2, 0.25) is 0 Å². The zero-order valence-electron chi connectivity index (χ0n) is 16.8. The maximum atomic E-state index is 13.4. The highest BCUT2D eigenvalue weighted by Gasteiger charge is 2.36. The standard InChI is InChI=1S/C22H29N3O2S/c1-15(2)21(26)24-13-10-16(11-14-24)22(27)25-12-6-5-8-18(25)20-23-17-7-3-4-9-19(17)28-20/h3-4,7,9,15-16,18H,5-6,8,10-14H2,1-2H3. The van der Waals surface area contributed by atoms with Crippen molar-refractivity contribution in [3.8, 4) is 0 Å². The summed E-state index contributed by atoms with van der Waals surface area (Å²) in [6.45, 7) is 6.11. The van der Waals surface area contributed by atoms with Crippen molar-refractivity contribution in [1.82, 2.24) is 14.8 Å². The number of fused-ring (bicyclic) bond motifs is 1. The second-order valence-electron chi connectivity index (χ2n) is 8.32. The van der Waals surface area contributed by atoms with Crippen LogP contribution in [0.25, 0.3) is 10.2 Å². The molecule has 3 heterocycles. The summed E-state index contributed by atoms with van der Waals surface area (Å²) in [6, 6.07) is 8.31. The van der Waals surface area contributed by atoms with Gasteiger partial charge in [-0.1, -0.05) is 26.0 Å². The number of thiazole rings is 1. The monoisotopic (exact) mass is 399 g/mol. The Balaban J connectivity index is 1.47. The van der Waals surface area contributed by atoms with Gasteiger partial charge in [0.15, 0.2) is 0 Å². The minimum absolute atomic E-state index is 0.0257. The molecular formula is C22H29N3O2S. The first-order valence-electron chi connectivity index (χ1n) is 10.5. The van der Waals surface area contributed by atoms with Crippen LogP contribution < -0.4 is 0 Å². The SMILES string of the molecule is CC(C)C(=O)N1CCC(C(=O)N2CCCCC2c2nc3ccccc3s2)CC1. The number of nitrogens with zero attached hydrogens (tertiary/aromatic N) is 3. The van der Waals surface area contributed by atoms with E-state index in [0.717, 1.165) is 49.2 Å². The largest absolute Gasteiger partial charge is 0.342 e. The fourth-order valence-electron chi connectivity index (χ4n) is 4.43. The van der Waals surface area contributed by atoms with Gasteiger partial charge in [-0.05, 0) is 44.2 Å². The molecule has 2 aliphatic rings. The van der Waals surface area contributed by atoms with E-state index in [9.17, 15) is 9.59 Å². The topological polar surface area (TPSA) is 53.5 Å². The van der Waals surface area contributed by atoms with Crippen molar-refractivity contribution in [1.29, 1.82) is 0 Å². The molecule has 0 radical (unpaired) electrons. The molecule has 4 rings (SSSR count). The summed E-state index contributed by atoms with van der Waals surface area (Å²) >= 11 is 1.72. The number of hydrogen-bond donors (Lipinski definition) is 0. The Morgan fingerprint density at radius 2 is 1.82 bits per heavy atom. The smallest absolute Gasteiger partial charge is 0.226 e. The number of likely N-dealkylation sites (tertiary alicyclic amines) is 2. The average molecular weight is 400 g/mol. The van der Waals surface area contributed by atoms with E-state index in [1.54, 1.807) is 11.3 Å². The third-order valence-corrected chi connectivity index (χ3v) is 7.17. The molecule has 2 saturated heterocycles. The summed E-state index contributed by atoms with van der Waals surface area (Å²) in [7, 11) is 0. The Kier molecular flexibility index (Phi) is 5.67. The Bertz CT molecular complexity index is 821. The highest BCUT2D eigenvalue weighted by molar-refractivity contribution is 7.18. The van der Waals surface area contributed by atoms with Gasteiger partial charge in [0, 0.05) is 31.5 Å². The molecule has 2 aliphatic heterocycles. The van der Waals surface area contributed by atoms with Crippen molar-refractivity contribution in [3.63, 3.8) is 0 Å². The van der Waals surface area contributed by atoms with Gasteiger partial charge in [0.1, 0.15) is 5.01 Å². The number of benzene rings is 1. The number of carbonyl (C=O) groups is 2. The highest BCUT2D eigenvalue weighted by Crippen LogP contribution is 2.37. The van der Waals surface area contributed by atoms with Crippen molar-refractivity contribution in [3.05, 3.63) is 29.3 Å². The van der Waals surface area contributed by atoms with Crippen LogP contribution in [0.15, 0.2) is 24.3 Å². The Morgan fingerprint density at radius 1 is 1.07 bits per heavy atom. The summed E-state index contributed by atoms with van der Waals surface area (Å²) < 4.78 is 1.19. The van der Waals surface area contributed by atoms with E-state index in [1.165, 1.54) is 4.70 Å². The summed E-state index contributed by atoms with van der Waals surface area (Å²) in [5, 5.41) is 1.07. The molecule has 1 atom stereocenters. The van der Waals surface area contributed by atoms with E-state index in [-0.39, 0.29) is 29.7 Å². The second kappa shape index (κ2) is 8.19. The van der Waals surface area contributed by atoms with Crippen molar-refractivity contribution < 1.29 is 9.59 Å². The minimum Gasteiger partial charge on any atom is -0.342 e. The third kappa shape index (κ3) is 3.79. The molecule has 2 fully saturated rings. The molecule has 0 spiro atoms. The average Bonchev–Trinajstić information content (AvgIpc) is 3.17. The molecule has 1 aromatic heterocycles. The predicted molar refractivity (Wildman–Crippen MR) is 112 cm³/mol. The zero-order valence-corrected chi connectivity index (χ0v) is 17.6. The maximum Gasteiger partial charge on any atom is 0.226 e. The maximum absolute atomic E-state index is 13.4. The fourth-order valence-corrected chi connectivity index (χ4v) is 5.55. The number of amides is 2. The van der Waals surface area contributed by atoms with Gasteiger partial charge >= 0.3 is 0 Å². The van der Waals surface area contributed by atoms with Gasteiger partial charge in [0.2, 0.25) is 11.8 Å². The van der Waals surface area contributed by atoms with Crippen LogP contribution in [0.1, 0.15) is 57.0 Å². The first kappa shape index (κ1) is 19.4. The first-order valence-corrected chi connectivity index (χ1v) is 11.3. The van der Waals surface area contributed by atoms with Crippen LogP contribution >= 0.6 is 11.3 Å². The van der Waals surface area contributed by atoms with Crippen molar-refractivity contribution >= 4 is 33.4 Å². The number of para-hydroxylation sites is 1. The summed E-state index contributed by atoms with van der Waals surface area (Å²) in [5.74, 6) is 0.528. The molecule has 0 saturated carbocycles. The van der Waals surface area contributed by atoms with Crippen LogP contribution in [-0.2, 0) is 9.59 Å². The molecule has 0 bridgehead atoms. The zero-order chi connectivity index (χ0) is 19.7. The summed E-state index contributed by atoms with van der Waals surface area (Å²) in [6.07, 6.45) is 4.76. The lowest BCUT2D eigenvalue weighted by Crippen LogP contribution is -2.47. The van der Waals surface area contributed by atoms with Gasteiger partial charge in [-0.2, -0.15) is 0 Å². The summed E-state index contributed by atoms with van der Waals surface area (Å²) in [5.41, 5.74) is 1.03. The van der Waals surface area contributed by atoms with Crippen LogP contribution in [0.5, 0.6) is 0 Å². The van der Waals surface area contributed by atoms with Crippen molar-refractivity contribution in [2.24, 2.45) is 11.8 Å². The number of hydrogen-bond acceptors (Lipinski definition) is 4. The molecular weight excluding hydrogens is 370 g/mol. The van der Waals surface area contributed by atoms with Crippen molar-refractivity contribution in [2.75, 3.05) is 19.6 Å². The van der Waals surface area contributed by atoms with E-state index in [2.05, 4.69) is 11.0 Å². The van der Waals surface area contributed by atoms with E-state index in [4.69, 9.17) is 4.98 Å². The van der Waals surface area contributed by atoms with E-state index in [0.29, 0.717) is 13.1 Å². The number of rotatable bonds is 3. The van der Waals surface area contributed by atoms with E-state index >= 15 is 0 Å². The second-order valence-corrected chi connectivity index (χ2v) is 9.38. The van der Waals surface area contributed by atoms with E-state index in [1.807, 2.05) is 36.9 Å². The Labute approximate surface area is 170 Å². The molecule has 0 N–H and O–H groups in total. The lowest BCUT2D eigenvalue weighted by Gasteiger charge is -2.39. The molecule has 1 aromatic carbocycles.